The Morgan fingerprint density at radius 2 is 1.84 bits per heavy atom. The number of anilines is 1. The highest BCUT2D eigenvalue weighted by atomic mass is 35.5. The lowest BCUT2D eigenvalue weighted by Crippen LogP contribution is -2.17. The van der Waals surface area contributed by atoms with Crippen LogP contribution in [0.15, 0.2) is 53.4 Å². The molecule has 2 rings (SSSR count). The molecule has 134 valence electrons. The maximum absolute atomic E-state index is 12.2. The fraction of sp³-hybridized carbons (Fsp3) is 0.188. The van der Waals surface area contributed by atoms with Gasteiger partial charge in [-0.15, -0.1) is 0 Å². The zero-order valence-corrected chi connectivity index (χ0v) is 14.4. The van der Waals surface area contributed by atoms with Crippen LogP contribution in [0.2, 0.25) is 5.02 Å². The minimum atomic E-state index is -3.57. The Balaban J connectivity index is 1.95. The normalized spacial score (nSPS) is 11.4. The molecule has 0 spiro atoms. The minimum Gasteiger partial charge on any atom is -0.433 e. The molecule has 1 amide bonds. The second kappa shape index (κ2) is 8.26. The first-order valence-corrected chi connectivity index (χ1v) is 9.13. The largest absolute Gasteiger partial charge is 0.433 e. The lowest BCUT2D eigenvalue weighted by atomic mass is 10.3. The average Bonchev–Trinajstić information content (AvgIpc) is 2.56. The molecule has 2 aromatic rings. The van der Waals surface area contributed by atoms with E-state index >= 15 is 0 Å². The van der Waals surface area contributed by atoms with Crippen molar-refractivity contribution in [2.75, 3.05) is 11.1 Å². The van der Waals surface area contributed by atoms with Crippen LogP contribution < -0.4 is 10.1 Å². The minimum absolute atomic E-state index is 0.102. The number of carbonyl (C=O) groups excluding carboxylic acids is 1. The van der Waals surface area contributed by atoms with Crippen LogP contribution in [0.5, 0.6) is 5.75 Å². The highest BCUT2D eigenvalue weighted by Crippen LogP contribution is 2.29. The number of amides is 1. The fourth-order valence-electron chi connectivity index (χ4n) is 1.97. The van der Waals surface area contributed by atoms with Gasteiger partial charge in [0, 0.05) is 12.1 Å². The molecule has 25 heavy (non-hydrogen) atoms. The fourth-order valence-corrected chi connectivity index (χ4v) is 3.45. The van der Waals surface area contributed by atoms with Gasteiger partial charge in [-0.05, 0) is 30.3 Å². The summed E-state index contributed by atoms with van der Waals surface area (Å²) in [7, 11) is -3.57. The molecule has 5 nitrogen and oxygen atoms in total. The average molecular weight is 390 g/mol. The molecule has 0 aliphatic rings. The van der Waals surface area contributed by atoms with Gasteiger partial charge in [-0.1, -0.05) is 29.8 Å². The van der Waals surface area contributed by atoms with Gasteiger partial charge in [-0.3, -0.25) is 4.79 Å². The summed E-state index contributed by atoms with van der Waals surface area (Å²) in [6.45, 7) is -3.01. The molecule has 2 aromatic carbocycles. The van der Waals surface area contributed by atoms with Gasteiger partial charge < -0.3 is 10.1 Å². The van der Waals surface area contributed by atoms with Gasteiger partial charge in [-0.25, -0.2) is 8.42 Å². The number of hydrogen-bond acceptors (Lipinski definition) is 4. The van der Waals surface area contributed by atoms with Crippen molar-refractivity contribution in [1.82, 2.24) is 0 Å². The van der Waals surface area contributed by atoms with E-state index in [4.69, 9.17) is 11.6 Å². The SMILES string of the molecule is O=C(CCS(=O)(=O)c1ccccc1)Nc1ccc(OC(F)F)c(Cl)c1. The number of hydrogen-bond donors (Lipinski definition) is 1. The first kappa shape index (κ1) is 19.1. The summed E-state index contributed by atoms with van der Waals surface area (Å²) in [4.78, 5) is 12.0. The smallest absolute Gasteiger partial charge is 0.387 e. The first-order chi connectivity index (χ1) is 11.8. The second-order valence-electron chi connectivity index (χ2n) is 4.95. The van der Waals surface area contributed by atoms with E-state index < -0.39 is 22.4 Å². The standard InChI is InChI=1S/C16H14ClF2NO4S/c17-13-10-11(6-7-14(13)24-16(18)19)20-15(21)8-9-25(22,23)12-4-2-1-3-5-12/h1-7,10,16H,8-9H2,(H,20,21). The molecule has 0 fully saturated rings. The highest BCUT2D eigenvalue weighted by Gasteiger charge is 2.16. The van der Waals surface area contributed by atoms with Crippen LogP contribution in [0.25, 0.3) is 0 Å². The van der Waals surface area contributed by atoms with E-state index in [1.165, 1.54) is 30.3 Å². The van der Waals surface area contributed by atoms with Gasteiger partial charge in [0.15, 0.2) is 9.84 Å². The number of benzene rings is 2. The van der Waals surface area contributed by atoms with Crippen molar-refractivity contribution in [1.29, 1.82) is 0 Å². The third-order valence-corrected chi connectivity index (χ3v) is 5.16. The van der Waals surface area contributed by atoms with E-state index in [9.17, 15) is 22.0 Å². The molecule has 0 heterocycles. The zero-order valence-electron chi connectivity index (χ0n) is 12.8. The first-order valence-electron chi connectivity index (χ1n) is 7.10. The number of alkyl halides is 2. The van der Waals surface area contributed by atoms with Crippen molar-refractivity contribution in [3.8, 4) is 5.75 Å². The van der Waals surface area contributed by atoms with Crippen molar-refractivity contribution < 1.29 is 26.7 Å². The van der Waals surface area contributed by atoms with Gasteiger partial charge >= 0.3 is 6.61 Å². The quantitative estimate of drug-likeness (QED) is 0.782. The number of carbonyl (C=O) groups is 1. The monoisotopic (exact) mass is 389 g/mol. The van der Waals surface area contributed by atoms with Crippen LogP contribution in [-0.2, 0) is 14.6 Å². The summed E-state index contributed by atoms with van der Waals surface area (Å²) in [6, 6.07) is 11.5. The lowest BCUT2D eigenvalue weighted by Gasteiger charge is -2.10. The van der Waals surface area contributed by atoms with Crippen LogP contribution in [0.1, 0.15) is 6.42 Å². The number of sulfone groups is 1. The van der Waals surface area contributed by atoms with Gasteiger partial charge in [0.1, 0.15) is 5.75 Å². The van der Waals surface area contributed by atoms with E-state index in [1.807, 2.05) is 0 Å². The topological polar surface area (TPSA) is 72.5 Å². The highest BCUT2D eigenvalue weighted by molar-refractivity contribution is 7.91. The third-order valence-electron chi connectivity index (χ3n) is 3.13. The van der Waals surface area contributed by atoms with Gasteiger partial charge in [0.25, 0.3) is 0 Å². The summed E-state index contributed by atoms with van der Waals surface area (Å²) >= 11 is 5.78. The summed E-state index contributed by atoms with van der Waals surface area (Å²) in [5.74, 6) is -1.12. The number of nitrogens with one attached hydrogen (secondary N) is 1. The van der Waals surface area contributed by atoms with E-state index in [2.05, 4.69) is 10.1 Å². The number of ether oxygens (including phenoxy) is 1. The zero-order chi connectivity index (χ0) is 18.4. The Morgan fingerprint density at radius 3 is 2.44 bits per heavy atom. The van der Waals surface area contributed by atoms with Crippen LogP contribution in [0, 0.1) is 0 Å². The molecule has 0 unspecified atom stereocenters. The van der Waals surface area contributed by atoms with Crippen molar-refractivity contribution in [2.24, 2.45) is 0 Å². The maximum atomic E-state index is 12.2. The van der Waals surface area contributed by atoms with Gasteiger partial charge in [0.05, 0.1) is 15.7 Å². The van der Waals surface area contributed by atoms with Gasteiger partial charge in [-0.2, -0.15) is 8.78 Å². The predicted molar refractivity (Wildman–Crippen MR) is 89.8 cm³/mol. The van der Waals surface area contributed by atoms with E-state index in [0.29, 0.717) is 0 Å². The summed E-state index contributed by atoms with van der Waals surface area (Å²) in [5.41, 5.74) is 0.244. The lowest BCUT2D eigenvalue weighted by molar-refractivity contribution is -0.115. The molecule has 0 aromatic heterocycles. The Labute approximate surface area is 148 Å². The molecule has 0 saturated carbocycles. The second-order valence-corrected chi connectivity index (χ2v) is 7.47. The Bertz CT molecular complexity index is 844. The molecule has 0 aliphatic carbocycles. The van der Waals surface area contributed by atoms with Crippen molar-refractivity contribution in [3.63, 3.8) is 0 Å². The molecule has 0 radical (unpaired) electrons. The summed E-state index contributed by atoms with van der Waals surface area (Å²) < 4.78 is 52.7. The van der Waals surface area contributed by atoms with Crippen molar-refractivity contribution in [2.45, 2.75) is 17.9 Å². The maximum Gasteiger partial charge on any atom is 0.387 e. The Kier molecular flexibility index (Phi) is 6.33. The summed E-state index contributed by atoms with van der Waals surface area (Å²) in [5, 5.41) is 2.35. The molecular weight excluding hydrogens is 376 g/mol. The van der Waals surface area contributed by atoms with E-state index in [0.717, 1.165) is 0 Å². The van der Waals surface area contributed by atoms with Crippen LogP contribution >= 0.6 is 11.6 Å². The van der Waals surface area contributed by atoms with Crippen LogP contribution in [0.3, 0.4) is 0 Å². The molecule has 1 N–H and O–H groups in total. The molecule has 9 heteroatoms. The number of halogens is 3. The molecule has 0 atom stereocenters. The molecule has 0 bridgehead atoms. The predicted octanol–water partition coefficient (Wildman–Crippen LogP) is 3.74. The van der Waals surface area contributed by atoms with Gasteiger partial charge in [0.2, 0.25) is 5.91 Å². The van der Waals surface area contributed by atoms with E-state index in [-0.39, 0.29) is 33.5 Å². The number of rotatable bonds is 7. The third kappa shape index (κ3) is 5.68. The Hall–Kier alpha value is -2.19. The van der Waals surface area contributed by atoms with E-state index in [1.54, 1.807) is 18.2 Å². The molecular formula is C16H14ClF2NO4S. The Morgan fingerprint density at radius 1 is 1.16 bits per heavy atom. The van der Waals surface area contributed by atoms with Crippen molar-refractivity contribution >= 4 is 33.0 Å². The molecule has 0 aliphatic heterocycles. The molecule has 0 saturated heterocycles. The van der Waals surface area contributed by atoms with Crippen LogP contribution in [0.4, 0.5) is 14.5 Å². The van der Waals surface area contributed by atoms with Crippen molar-refractivity contribution in [3.05, 3.63) is 53.6 Å². The summed E-state index contributed by atoms with van der Waals surface area (Å²) in [6.07, 6.45) is -0.260. The van der Waals surface area contributed by atoms with Crippen LogP contribution in [-0.4, -0.2) is 26.7 Å².